The molecule has 0 bridgehead atoms. The summed E-state index contributed by atoms with van der Waals surface area (Å²) in [6.07, 6.45) is 1.79. The lowest BCUT2D eigenvalue weighted by Gasteiger charge is -2.24. The number of ether oxygens (including phenoxy) is 3. The van der Waals surface area contributed by atoms with Crippen LogP contribution in [0.3, 0.4) is 0 Å². The normalized spacial score (nSPS) is 14.8. The van der Waals surface area contributed by atoms with Crippen molar-refractivity contribution in [2.45, 2.75) is 33.4 Å². The van der Waals surface area contributed by atoms with Crippen LogP contribution >= 0.6 is 38.9 Å². The lowest BCUT2D eigenvalue weighted by atomic mass is 9.96. The summed E-state index contributed by atoms with van der Waals surface area (Å²) >= 11 is 11.0. The fraction of sp³-hybridized carbons (Fsp3) is 0.219. The van der Waals surface area contributed by atoms with Crippen molar-refractivity contribution in [3.8, 4) is 11.5 Å². The van der Waals surface area contributed by atoms with E-state index in [2.05, 4.69) is 20.9 Å². The van der Waals surface area contributed by atoms with Crippen molar-refractivity contribution in [3.05, 3.63) is 124 Å². The number of rotatable bonds is 9. The third kappa shape index (κ3) is 6.23. The van der Waals surface area contributed by atoms with Gasteiger partial charge >= 0.3 is 5.97 Å². The number of hydrogen-bond donors (Lipinski definition) is 0. The maximum Gasteiger partial charge on any atom is 0.338 e. The van der Waals surface area contributed by atoms with Gasteiger partial charge in [0.05, 0.1) is 39.5 Å². The minimum Gasteiger partial charge on any atom is -0.490 e. The van der Waals surface area contributed by atoms with Gasteiger partial charge in [-0.05, 0) is 83.7 Å². The van der Waals surface area contributed by atoms with E-state index < -0.39 is 12.0 Å². The Morgan fingerprint density at radius 3 is 2.50 bits per heavy atom. The first-order valence-corrected chi connectivity index (χ1v) is 15.4. The monoisotopic (exact) mass is 666 g/mol. The van der Waals surface area contributed by atoms with Crippen molar-refractivity contribution in [3.63, 3.8) is 0 Å². The third-order valence-corrected chi connectivity index (χ3v) is 8.38. The molecule has 10 heteroatoms. The van der Waals surface area contributed by atoms with Gasteiger partial charge in [0.1, 0.15) is 6.61 Å². The summed E-state index contributed by atoms with van der Waals surface area (Å²) in [6, 6.07) is 20.0. The summed E-state index contributed by atoms with van der Waals surface area (Å²) in [5.41, 5.74) is 3.05. The fourth-order valence-electron chi connectivity index (χ4n) is 4.71. The number of carbonyl (C=O) groups excluding carboxylic acids is 1. The van der Waals surface area contributed by atoms with E-state index in [1.165, 1.54) is 11.3 Å². The molecule has 1 atom stereocenters. The second kappa shape index (κ2) is 13.1. The number of esters is 1. The molecule has 0 fully saturated rings. The first-order chi connectivity index (χ1) is 20.3. The molecule has 0 N–H and O–H groups in total. The predicted molar refractivity (Wildman–Crippen MR) is 168 cm³/mol. The van der Waals surface area contributed by atoms with Crippen molar-refractivity contribution >= 4 is 50.9 Å². The van der Waals surface area contributed by atoms with Crippen LogP contribution in [0.1, 0.15) is 43.5 Å². The summed E-state index contributed by atoms with van der Waals surface area (Å²) in [5.74, 6) is 0.627. The zero-order valence-corrected chi connectivity index (χ0v) is 26.4. The van der Waals surface area contributed by atoms with Gasteiger partial charge in [-0.25, -0.2) is 9.79 Å². The molecule has 2 heterocycles. The topological polar surface area (TPSA) is 79.1 Å². The smallest absolute Gasteiger partial charge is 0.338 e. The molecule has 1 aliphatic rings. The number of nitrogens with zero attached hydrogens (tertiary/aromatic N) is 2. The molecule has 0 radical (unpaired) electrons. The molecule has 1 aromatic heterocycles. The molecular weight excluding hydrogens is 640 g/mol. The van der Waals surface area contributed by atoms with Crippen LogP contribution in [-0.2, 0) is 16.1 Å². The summed E-state index contributed by atoms with van der Waals surface area (Å²) in [6.45, 7) is 6.43. The van der Waals surface area contributed by atoms with E-state index in [1.54, 1.807) is 36.6 Å². The summed E-state index contributed by atoms with van der Waals surface area (Å²) in [7, 11) is 0. The number of fused-ring (bicyclic) bond motifs is 1. The van der Waals surface area contributed by atoms with Gasteiger partial charge in [-0.15, -0.1) is 0 Å². The van der Waals surface area contributed by atoms with Crippen molar-refractivity contribution in [2.24, 2.45) is 4.99 Å². The maximum absolute atomic E-state index is 13.9. The predicted octanol–water partition coefficient (Wildman–Crippen LogP) is 6.19. The first kappa shape index (κ1) is 29.8. The number of hydrogen-bond acceptors (Lipinski definition) is 7. The number of carbonyl (C=O) groups is 1. The minimum absolute atomic E-state index is 0.204. The number of aromatic nitrogens is 1. The van der Waals surface area contributed by atoms with Gasteiger partial charge in [0, 0.05) is 5.02 Å². The minimum atomic E-state index is -0.709. The Morgan fingerprint density at radius 2 is 1.81 bits per heavy atom. The van der Waals surface area contributed by atoms with Gasteiger partial charge in [0.2, 0.25) is 0 Å². The molecule has 0 amide bonds. The van der Waals surface area contributed by atoms with Crippen LogP contribution < -0.4 is 24.4 Å². The Balaban J connectivity index is 1.59. The van der Waals surface area contributed by atoms with Crippen molar-refractivity contribution in [1.82, 2.24) is 4.57 Å². The van der Waals surface area contributed by atoms with Crippen molar-refractivity contribution in [1.29, 1.82) is 0 Å². The van der Waals surface area contributed by atoms with Crippen LogP contribution in [0.2, 0.25) is 5.02 Å². The van der Waals surface area contributed by atoms with Crippen LogP contribution in [0.15, 0.2) is 92.3 Å². The summed E-state index contributed by atoms with van der Waals surface area (Å²) in [5, 5.41) is 0.552. The molecule has 42 heavy (non-hydrogen) atoms. The second-order valence-electron chi connectivity index (χ2n) is 9.39. The zero-order valence-electron chi connectivity index (χ0n) is 23.2. The fourth-order valence-corrected chi connectivity index (χ4v) is 6.45. The van der Waals surface area contributed by atoms with Crippen molar-refractivity contribution in [2.75, 3.05) is 13.2 Å². The third-order valence-electron chi connectivity index (χ3n) is 6.56. The van der Waals surface area contributed by atoms with E-state index in [9.17, 15) is 9.59 Å². The van der Waals surface area contributed by atoms with Crippen LogP contribution in [0.25, 0.3) is 6.08 Å². The van der Waals surface area contributed by atoms with Gasteiger partial charge in [0.15, 0.2) is 16.3 Å². The first-order valence-electron chi connectivity index (χ1n) is 13.4. The van der Waals surface area contributed by atoms with Gasteiger partial charge in [0.25, 0.3) is 5.56 Å². The SMILES string of the molecule is CCOC(=O)C1=C(C)N=c2s/c(=C\c3cc(Br)c(OCc4ccccc4)c(OCC)c3)c(=O)n2[C@H]1c1ccc(Cl)cc1. The van der Waals surface area contributed by atoms with E-state index in [-0.39, 0.29) is 12.2 Å². The van der Waals surface area contributed by atoms with Gasteiger partial charge < -0.3 is 14.2 Å². The van der Waals surface area contributed by atoms with E-state index in [0.717, 1.165) is 16.7 Å². The standard InChI is InChI=1S/C32H28BrClN2O5S/c1-4-39-25-16-21(15-24(33)29(25)41-18-20-9-7-6-8-10-20)17-26-30(37)36-28(22-11-13-23(34)14-12-22)27(31(38)40-5-2)19(3)35-32(36)42-26/h6-17,28H,4-5,18H2,1-3H3/b26-17-/t28-/m0/s1. The molecule has 5 rings (SSSR count). The van der Waals surface area contributed by atoms with E-state index in [0.29, 0.717) is 54.8 Å². The molecule has 0 saturated carbocycles. The highest BCUT2D eigenvalue weighted by molar-refractivity contribution is 9.10. The zero-order chi connectivity index (χ0) is 29.8. The number of halogens is 2. The van der Waals surface area contributed by atoms with Gasteiger partial charge in [-0.2, -0.15) is 0 Å². The molecule has 1 aliphatic heterocycles. The Hall–Kier alpha value is -3.66. The Labute approximate surface area is 260 Å². The van der Waals surface area contributed by atoms with E-state index in [4.69, 9.17) is 25.8 Å². The Morgan fingerprint density at radius 1 is 1.07 bits per heavy atom. The average Bonchev–Trinajstić information content (AvgIpc) is 3.27. The highest BCUT2D eigenvalue weighted by Crippen LogP contribution is 2.38. The second-order valence-corrected chi connectivity index (χ2v) is 11.7. The Kier molecular flexibility index (Phi) is 9.30. The molecule has 0 aliphatic carbocycles. The number of thiazole rings is 1. The van der Waals surface area contributed by atoms with E-state index in [1.807, 2.05) is 61.5 Å². The highest BCUT2D eigenvalue weighted by atomic mass is 79.9. The molecule has 4 aromatic rings. The molecule has 0 spiro atoms. The maximum atomic E-state index is 13.9. The van der Waals surface area contributed by atoms with Crippen molar-refractivity contribution < 1.29 is 19.0 Å². The molecule has 0 unspecified atom stereocenters. The molecule has 7 nitrogen and oxygen atoms in total. The molecule has 216 valence electrons. The number of benzene rings is 3. The highest BCUT2D eigenvalue weighted by Gasteiger charge is 2.33. The summed E-state index contributed by atoms with van der Waals surface area (Å²) < 4.78 is 20.1. The van der Waals surface area contributed by atoms with Crippen LogP contribution in [0.5, 0.6) is 11.5 Å². The number of allylic oxidation sites excluding steroid dienone is 1. The van der Waals surface area contributed by atoms with Crippen LogP contribution in [-0.4, -0.2) is 23.8 Å². The van der Waals surface area contributed by atoms with Gasteiger partial charge in [-0.1, -0.05) is 65.4 Å². The van der Waals surface area contributed by atoms with Crippen LogP contribution in [0.4, 0.5) is 0 Å². The lowest BCUT2D eigenvalue weighted by Crippen LogP contribution is -2.39. The molecule has 3 aromatic carbocycles. The lowest BCUT2D eigenvalue weighted by molar-refractivity contribution is -0.139. The molecule has 0 saturated heterocycles. The van der Waals surface area contributed by atoms with Gasteiger partial charge in [-0.3, -0.25) is 9.36 Å². The summed E-state index contributed by atoms with van der Waals surface area (Å²) in [4.78, 5) is 32.1. The molecular formula is C32H28BrClN2O5S. The average molecular weight is 668 g/mol. The Bertz CT molecular complexity index is 1830. The quantitative estimate of drug-likeness (QED) is 0.199. The van der Waals surface area contributed by atoms with E-state index >= 15 is 0 Å². The van der Waals surface area contributed by atoms with Crippen LogP contribution in [0, 0.1) is 0 Å². The largest absolute Gasteiger partial charge is 0.490 e.